The van der Waals surface area contributed by atoms with E-state index in [1.165, 1.54) is 0 Å². The van der Waals surface area contributed by atoms with Crippen LogP contribution in [0.1, 0.15) is 19.3 Å². The highest BCUT2D eigenvalue weighted by molar-refractivity contribution is 5.87. The first-order valence-corrected chi connectivity index (χ1v) is 6.04. The van der Waals surface area contributed by atoms with E-state index in [0.717, 1.165) is 19.4 Å². The molecule has 2 N–H and O–H groups in total. The SMILES string of the molecule is O=C(C[C@@H]1NCCNC1=O)OC[C@@H]1CCCO1. The van der Waals surface area contributed by atoms with E-state index in [9.17, 15) is 9.59 Å². The molecule has 0 spiro atoms. The van der Waals surface area contributed by atoms with Crippen molar-refractivity contribution in [3.05, 3.63) is 0 Å². The lowest BCUT2D eigenvalue weighted by Crippen LogP contribution is -2.53. The zero-order valence-electron chi connectivity index (χ0n) is 9.74. The number of carbonyl (C=O) groups is 2. The predicted molar refractivity (Wildman–Crippen MR) is 59.4 cm³/mol. The van der Waals surface area contributed by atoms with Crippen molar-refractivity contribution < 1.29 is 19.1 Å². The molecule has 0 unspecified atom stereocenters. The van der Waals surface area contributed by atoms with Crippen LogP contribution in [-0.2, 0) is 19.1 Å². The highest BCUT2D eigenvalue weighted by Gasteiger charge is 2.25. The van der Waals surface area contributed by atoms with Crippen LogP contribution in [0.4, 0.5) is 0 Å². The number of hydrogen-bond acceptors (Lipinski definition) is 5. The Bertz CT molecular complexity index is 289. The minimum absolute atomic E-state index is 0.0343. The molecule has 0 bridgehead atoms. The van der Waals surface area contributed by atoms with Gasteiger partial charge in [-0.3, -0.25) is 9.59 Å². The van der Waals surface area contributed by atoms with E-state index < -0.39 is 6.04 Å². The van der Waals surface area contributed by atoms with Crippen LogP contribution in [0.5, 0.6) is 0 Å². The van der Waals surface area contributed by atoms with Crippen molar-refractivity contribution in [3.63, 3.8) is 0 Å². The lowest BCUT2D eigenvalue weighted by molar-refractivity contribution is -0.149. The number of carbonyl (C=O) groups excluding carboxylic acids is 2. The Hall–Kier alpha value is -1.14. The standard InChI is InChI=1S/C11H18N2O4/c14-10(17-7-8-2-1-5-16-8)6-9-11(15)13-4-3-12-9/h8-9,12H,1-7H2,(H,13,15)/t8-,9-/m0/s1. The van der Waals surface area contributed by atoms with E-state index in [1.807, 2.05) is 0 Å². The first-order chi connectivity index (χ1) is 8.25. The molecule has 96 valence electrons. The van der Waals surface area contributed by atoms with Crippen LogP contribution in [0.25, 0.3) is 0 Å². The van der Waals surface area contributed by atoms with E-state index in [1.54, 1.807) is 0 Å². The Balaban J connectivity index is 1.67. The molecule has 0 radical (unpaired) electrons. The summed E-state index contributed by atoms with van der Waals surface area (Å²) < 4.78 is 10.4. The third kappa shape index (κ3) is 3.67. The molecule has 2 aliphatic heterocycles. The number of hydrogen-bond donors (Lipinski definition) is 2. The number of esters is 1. The van der Waals surface area contributed by atoms with Crippen LogP contribution >= 0.6 is 0 Å². The van der Waals surface area contributed by atoms with Crippen molar-refractivity contribution in [2.24, 2.45) is 0 Å². The molecule has 0 aliphatic carbocycles. The summed E-state index contributed by atoms with van der Waals surface area (Å²) in [5.41, 5.74) is 0. The molecular formula is C11H18N2O4. The number of piperazine rings is 1. The van der Waals surface area contributed by atoms with Gasteiger partial charge in [-0.1, -0.05) is 0 Å². The van der Waals surface area contributed by atoms with Crippen LogP contribution in [0.15, 0.2) is 0 Å². The van der Waals surface area contributed by atoms with Crippen LogP contribution in [0, 0.1) is 0 Å². The summed E-state index contributed by atoms with van der Waals surface area (Å²) in [6.07, 6.45) is 2.08. The van der Waals surface area contributed by atoms with Crippen molar-refractivity contribution in [1.82, 2.24) is 10.6 Å². The highest BCUT2D eigenvalue weighted by atomic mass is 16.6. The third-order valence-corrected chi connectivity index (χ3v) is 2.96. The molecule has 0 aromatic carbocycles. The van der Waals surface area contributed by atoms with Crippen molar-refractivity contribution in [2.45, 2.75) is 31.4 Å². The Labute approximate surface area is 100 Å². The molecule has 0 saturated carbocycles. The maximum Gasteiger partial charge on any atom is 0.308 e. The summed E-state index contributed by atoms with van der Waals surface area (Å²) >= 11 is 0. The van der Waals surface area contributed by atoms with Crippen molar-refractivity contribution >= 4 is 11.9 Å². The molecule has 0 aromatic heterocycles. The fourth-order valence-electron chi connectivity index (χ4n) is 2.00. The summed E-state index contributed by atoms with van der Waals surface area (Å²) in [6.45, 7) is 2.34. The second-order valence-electron chi connectivity index (χ2n) is 4.32. The van der Waals surface area contributed by atoms with Crippen LogP contribution in [0.3, 0.4) is 0 Å². The smallest absolute Gasteiger partial charge is 0.308 e. The molecule has 17 heavy (non-hydrogen) atoms. The summed E-state index contributed by atoms with van der Waals surface area (Å²) in [4.78, 5) is 22.9. The summed E-state index contributed by atoms with van der Waals surface area (Å²) in [6, 6.07) is -0.458. The van der Waals surface area contributed by atoms with Gasteiger partial charge in [-0.2, -0.15) is 0 Å². The fourth-order valence-corrected chi connectivity index (χ4v) is 2.00. The summed E-state index contributed by atoms with van der Waals surface area (Å²) in [5.74, 6) is -0.486. The van der Waals surface area contributed by atoms with Gasteiger partial charge in [-0.15, -0.1) is 0 Å². The van der Waals surface area contributed by atoms with Crippen molar-refractivity contribution in [2.75, 3.05) is 26.3 Å². The van der Waals surface area contributed by atoms with Gasteiger partial charge in [0.1, 0.15) is 6.61 Å². The summed E-state index contributed by atoms with van der Waals surface area (Å²) in [7, 11) is 0. The van der Waals surface area contributed by atoms with Gasteiger partial charge in [0.05, 0.1) is 18.6 Å². The second kappa shape index (κ2) is 5.97. The Morgan fingerprint density at radius 2 is 2.35 bits per heavy atom. The number of ether oxygens (including phenoxy) is 2. The lowest BCUT2D eigenvalue weighted by atomic mass is 10.1. The monoisotopic (exact) mass is 242 g/mol. The maximum absolute atomic E-state index is 11.5. The third-order valence-electron chi connectivity index (χ3n) is 2.96. The zero-order valence-corrected chi connectivity index (χ0v) is 9.74. The molecule has 6 nitrogen and oxygen atoms in total. The Morgan fingerprint density at radius 1 is 1.47 bits per heavy atom. The van der Waals surface area contributed by atoms with Crippen LogP contribution in [0.2, 0.25) is 0 Å². The van der Waals surface area contributed by atoms with Gasteiger partial charge in [-0.05, 0) is 12.8 Å². The molecule has 2 fully saturated rings. The van der Waals surface area contributed by atoms with Gasteiger partial charge >= 0.3 is 5.97 Å². The molecule has 6 heteroatoms. The van der Waals surface area contributed by atoms with E-state index in [4.69, 9.17) is 9.47 Å². The molecule has 2 saturated heterocycles. The van der Waals surface area contributed by atoms with E-state index in [0.29, 0.717) is 19.7 Å². The highest BCUT2D eigenvalue weighted by Crippen LogP contribution is 2.12. The number of nitrogens with one attached hydrogen (secondary N) is 2. The average molecular weight is 242 g/mol. The normalized spacial score (nSPS) is 28.8. The quantitative estimate of drug-likeness (QED) is 0.630. The van der Waals surface area contributed by atoms with Crippen molar-refractivity contribution in [1.29, 1.82) is 0 Å². The van der Waals surface area contributed by atoms with Gasteiger partial charge in [0.15, 0.2) is 0 Å². The van der Waals surface area contributed by atoms with E-state index >= 15 is 0 Å². The number of rotatable bonds is 4. The van der Waals surface area contributed by atoms with Crippen molar-refractivity contribution in [3.8, 4) is 0 Å². The topological polar surface area (TPSA) is 76.7 Å². The van der Waals surface area contributed by atoms with Gasteiger partial charge in [0.2, 0.25) is 5.91 Å². The van der Waals surface area contributed by atoms with Crippen LogP contribution < -0.4 is 10.6 Å². The summed E-state index contributed by atoms with van der Waals surface area (Å²) in [5, 5.41) is 5.68. The first-order valence-electron chi connectivity index (χ1n) is 6.04. The van der Waals surface area contributed by atoms with E-state index in [-0.39, 0.29) is 24.4 Å². The predicted octanol–water partition coefficient (Wildman–Crippen LogP) is -0.813. The second-order valence-corrected chi connectivity index (χ2v) is 4.32. The molecule has 2 rings (SSSR count). The van der Waals surface area contributed by atoms with Gasteiger partial charge in [0, 0.05) is 19.7 Å². The fraction of sp³-hybridized carbons (Fsp3) is 0.818. The molecule has 2 atom stereocenters. The zero-order chi connectivity index (χ0) is 12.1. The molecule has 2 heterocycles. The Kier molecular flexibility index (Phi) is 4.33. The van der Waals surface area contributed by atoms with Gasteiger partial charge < -0.3 is 20.1 Å². The largest absolute Gasteiger partial charge is 0.463 e. The molecular weight excluding hydrogens is 224 g/mol. The molecule has 0 aromatic rings. The lowest BCUT2D eigenvalue weighted by Gasteiger charge is -2.22. The number of amides is 1. The minimum Gasteiger partial charge on any atom is -0.463 e. The van der Waals surface area contributed by atoms with Gasteiger partial charge in [0.25, 0.3) is 0 Å². The van der Waals surface area contributed by atoms with E-state index in [2.05, 4.69) is 10.6 Å². The molecule has 1 amide bonds. The van der Waals surface area contributed by atoms with Crippen LogP contribution in [-0.4, -0.2) is 50.3 Å². The first kappa shape index (κ1) is 12.3. The Morgan fingerprint density at radius 3 is 3.06 bits per heavy atom. The molecule has 2 aliphatic rings. The maximum atomic E-state index is 11.5. The minimum atomic E-state index is -0.458. The average Bonchev–Trinajstić information content (AvgIpc) is 2.82. The van der Waals surface area contributed by atoms with Gasteiger partial charge in [-0.25, -0.2) is 0 Å².